The molecule has 0 radical (unpaired) electrons. The average Bonchev–Trinajstić information content (AvgIpc) is 2.97. The van der Waals surface area contributed by atoms with Crippen LogP contribution in [0.4, 0.5) is 4.39 Å². The van der Waals surface area contributed by atoms with Crippen molar-refractivity contribution in [3.63, 3.8) is 0 Å². The minimum absolute atomic E-state index is 0.0159. The summed E-state index contributed by atoms with van der Waals surface area (Å²) in [6.07, 6.45) is 0. The van der Waals surface area contributed by atoms with Crippen molar-refractivity contribution in [2.75, 3.05) is 0 Å². The number of hydrogen-bond acceptors (Lipinski definition) is 3. The van der Waals surface area contributed by atoms with Crippen LogP contribution >= 0.6 is 0 Å². The van der Waals surface area contributed by atoms with E-state index in [1.165, 1.54) is 18.2 Å². The number of aryl methyl sites for hydroxylation is 1. The van der Waals surface area contributed by atoms with Crippen LogP contribution in [0.5, 0.6) is 5.75 Å². The van der Waals surface area contributed by atoms with Crippen LogP contribution in [0.15, 0.2) is 54.6 Å². The van der Waals surface area contributed by atoms with Gasteiger partial charge in [0, 0.05) is 11.3 Å². The lowest BCUT2D eigenvalue weighted by molar-refractivity contribution is 0.0689. The molecule has 0 bridgehead atoms. The van der Waals surface area contributed by atoms with E-state index in [-0.39, 0.29) is 11.5 Å². The van der Waals surface area contributed by atoms with Gasteiger partial charge in [-0.25, -0.2) is 9.18 Å². The lowest BCUT2D eigenvalue weighted by Crippen LogP contribution is -2.07. The van der Waals surface area contributed by atoms with Crippen LogP contribution in [-0.4, -0.2) is 20.9 Å². The number of rotatable bonds is 6. The summed E-state index contributed by atoms with van der Waals surface area (Å²) in [7, 11) is 0. The number of benzene rings is 2. The zero-order valence-electron chi connectivity index (χ0n) is 13.6. The molecule has 0 unspecified atom stereocenters. The summed E-state index contributed by atoms with van der Waals surface area (Å²) in [5, 5.41) is 13.1. The number of para-hydroxylation sites is 1. The van der Waals surface area contributed by atoms with E-state index in [1.54, 1.807) is 23.7 Å². The van der Waals surface area contributed by atoms with E-state index < -0.39 is 5.97 Å². The van der Waals surface area contributed by atoms with Crippen LogP contribution < -0.4 is 4.74 Å². The molecule has 0 aliphatic rings. The molecule has 0 atom stereocenters. The Morgan fingerprint density at radius 3 is 2.60 bits per heavy atom. The predicted molar refractivity (Wildman–Crippen MR) is 90.2 cm³/mol. The largest absolute Gasteiger partial charge is 0.489 e. The second kappa shape index (κ2) is 7.17. The number of carboxylic acids is 1. The van der Waals surface area contributed by atoms with E-state index in [0.29, 0.717) is 18.9 Å². The van der Waals surface area contributed by atoms with E-state index in [2.05, 4.69) is 5.10 Å². The molecule has 1 heterocycles. The molecule has 0 aliphatic heterocycles. The van der Waals surface area contributed by atoms with Crippen molar-refractivity contribution in [2.45, 2.75) is 20.1 Å². The average molecular weight is 340 g/mol. The smallest absolute Gasteiger partial charge is 0.356 e. The van der Waals surface area contributed by atoms with Crippen LogP contribution in [0.3, 0.4) is 0 Å². The second-order valence-electron chi connectivity index (χ2n) is 5.66. The normalized spacial score (nSPS) is 10.6. The Morgan fingerprint density at radius 2 is 1.92 bits per heavy atom. The van der Waals surface area contributed by atoms with Gasteiger partial charge in [0.15, 0.2) is 5.69 Å². The first kappa shape index (κ1) is 16.7. The molecule has 5 nitrogen and oxygen atoms in total. The quantitative estimate of drug-likeness (QED) is 0.744. The van der Waals surface area contributed by atoms with Crippen LogP contribution in [-0.2, 0) is 13.2 Å². The first-order valence-corrected chi connectivity index (χ1v) is 7.76. The highest BCUT2D eigenvalue weighted by Crippen LogP contribution is 2.21. The minimum atomic E-state index is -1.05. The van der Waals surface area contributed by atoms with Crippen molar-refractivity contribution in [1.29, 1.82) is 0 Å². The molecule has 128 valence electrons. The molecule has 0 spiro atoms. The van der Waals surface area contributed by atoms with Gasteiger partial charge in [-0.1, -0.05) is 30.3 Å². The van der Waals surface area contributed by atoms with Gasteiger partial charge in [-0.3, -0.25) is 4.68 Å². The maximum absolute atomic E-state index is 13.0. The number of ether oxygens (including phenoxy) is 1. The zero-order valence-corrected chi connectivity index (χ0v) is 13.6. The SMILES string of the molecule is Cc1cc(C(=O)O)nn1Cc1ccccc1OCc1ccc(F)cc1. The fraction of sp³-hybridized carbons (Fsp3) is 0.158. The Morgan fingerprint density at radius 1 is 1.20 bits per heavy atom. The fourth-order valence-electron chi connectivity index (χ4n) is 2.45. The molecule has 1 N–H and O–H groups in total. The minimum Gasteiger partial charge on any atom is -0.489 e. The molecule has 0 saturated carbocycles. The topological polar surface area (TPSA) is 64.3 Å². The van der Waals surface area contributed by atoms with E-state index >= 15 is 0 Å². The highest BCUT2D eigenvalue weighted by atomic mass is 19.1. The third-order valence-corrected chi connectivity index (χ3v) is 3.80. The lowest BCUT2D eigenvalue weighted by Gasteiger charge is -2.12. The summed E-state index contributed by atoms with van der Waals surface area (Å²) in [4.78, 5) is 11.0. The maximum Gasteiger partial charge on any atom is 0.356 e. The van der Waals surface area contributed by atoms with Crippen LogP contribution in [0.2, 0.25) is 0 Å². The molecule has 3 rings (SSSR count). The summed E-state index contributed by atoms with van der Waals surface area (Å²) in [5.41, 5.74) is 2.51. The first-order chi connectivity index (χ1) is 12.0. The molecule has 0 amide bonds. The van der Waals surface area contributed by atoms with Gasteiger partial charge >= 0.3 is 5.97 Å². The van der Waals surface area contributed by atoms with Gasteiger partial charge in [0.05, 0.1) is 6.54 Å². The van der Waals surface area contributed by atoms with Crippen LogP contribution in [0.25, 0.3) is 0 Å². The Labute approximate surface area is 144 Å². The molecule has 2 aromatic carbocycles. The number of aromatic nitrogens is 2. The third-order valence-electron chi connectivity index (χ3n) is 3.80. The lowest BCUT2D eigenvalue weighted by atomic mass is 10.2. The van der Waals surface area contributed by atoms with Crippen LogP contribution in [0, 0.1) is 12.7 Å². The van der Waals surface area contributed by atoms with Gasteiger partial charge in [-0.2, -0.15) is 5.10 Å². The first-order valence-electron chi connectivity index (χ1n) is 7.76. The molecular formula is C19H17FN2O3. The summed E-state index contributed by atoms with van der Waals surface area (Å²) in [6.45, 7) is 2.52. The Kier molecular flexibility index (Phi) is 4.79. The zero-order chi connectivity index (χ0) is 17.8. The van der Waals surface area contributed by atoms with Crippen molar-refractivity contribution in [2.24, 2.45) is 0 Å². The van der Waals surface area contributed by atoms with Crippen molar-refractivity contribution in [3.8, 4) is 5.75 Å². The standard InChI is InChI=1S/C19H17FN2O3/c1-13-10-17(19(23)24)21-22(13)11-15-4-2-3-5-18(15)25-12-14-6-8-16(20)9-7-14/h2-10H,11-12H2,1H3,(H,23,24). The fourth-order valence-corrected chi connectivity index (χ4v) is 2.45. The molecule has 1 aromatic heterocycles. The highest BCUT2D eigenvalue weighted by molar-refractivity contribution is 5.85. The third kappa shape index (κ3) is 4.03. The monoisotopic (exact) mass is 340 g/mol. The molecule has 3 aromatic rings. The van der Waals surface area contributed by atoms with Gasteiger partial charge in [0.1, 0.15) is 18.2 Å². The molecule has 0 saturated heterocycles. The Hall–Kier alpha value is -3.15. The molecule has 25 heavy (non-hydrogen) atoms. The number of halogens is 1. The predicted octanol–water partition coefficient (Wildman–Crippen LogP) is 3.66. The van der Waals surface area contributed by atoms with Crippen molar-refractivity contribution < 1.29 is 19.0 Å². The maximum atomic E-state index is 13.0. The van der Waals surface area contributed by atoms with Crippen molar-refractivity contribution in [3.05, 3.63) is 82.9 Å². The van der Waals surface area contributed by atoms with E-state index in [9.17, 15) is 9.18 Å². The van der Waals surface area contributed by atoms with Gasteiger partial charge in [0.2, 0.25) is 0 Å². The van der Waals surface area contributed by atoms with E-state index in [4.69, 9.17) is 9.84 Å². The summed E-state index contributed by atoms with van der Waals surface area (Å²) >= 11 is 0. The van der Waals surface area contributed by atoms with Crippen LogP contribution in [0.1, 0.15) is 27.3 Å². The van der Waals surface area contributed by atoms with Gasteiger partial charge in [-0.05, 0) is 36.8 Å². The molecule has 6 heteroatoms. The highest BCUT2D eigenvalue weighted by Gasteiger charge is 2.12. The Bertz CT molecular complexity index is 888. The van der Waals surface area contributed by atoms with Gasteiger partial charge in [0.25, 0.3) is 0 Å². The Balaban J connectivity index is 1.76. The number of carboxylic acid groups (broad SMARTS) is 1. The van der Waals surface area contributed by atoms with Gasteiger partial charge in [-0.15, -0.1) is 0 Å². The van der Waals surface area contributed by atoms with Crippen molar-refractivity contribution >= 4 is 5.97 Å². The molecule has 0 fully saturated rings. The summed E-state index contributed by atoms with van der Waals surface area (Å²) in [5.74, 6) is -0.658. The van der Waals surface area contributed by atoms with Crippen molar-refractivity contribution in [1.82, 2.24) is 9.78 Å². The number of aromatic carboxylic acids is 1. The van der Waals surface area contributed by atoms with E-state index in [0.717, 1.165) is 16.8 Å². The molecular weight excluding hydrogens is 323 g/mol. The number of nitrogens with zero attached hydrogens (tertiary/aromatic N) is 2. The summed E-state index contributed by atoms with van der Waals surface area (Å²) in [6, 6.07) is 15.2. The van der Waals surface area contributed by atoms with E-state index in [1.807, 2.05) is 24.3 Å². The molecule has 0 aliphatic carbocycles. The number of hydrogen-bond donors (Lipinski definition) is 1. The second-order valence-corrected chi connectivity index (χ2v) is 5.66. The van der Waals surface area contributed by atoms with Gasteiger partial charge < -0.3 is 9.84 Å². The summed E-state index contributed by atoms with van der Waals surface area (Å²) < 4.78 is 20.4. The number of carbonyl (C=O) groups is 1.